The summed E-state index contributed by atoms with van der Waals surface area (Å²) in [4.78, 5) is 0.270. The third-order valence-electron chi connectivity index (χ3n) is 4.39. The van der Waals surface area contributed by atoms with E-state index in [4.69, 9.17) is 17.3 Å². The second-order valence-corrected chi connectivity index (χ2v) is 8.16. The van der Waals surface area contributed by atoms with Gasteiger partial charge in [0.15, 0.2) is 0 Å². The van der Waals surface area contributed by atoms with Crippen LogP contribution < -0.4 is 5.73 Å². The third-order valence-corrected chi connectivity index (χ3v) is 6.49. The van der Waals surface area contributed by atoms with Gasteiger partial charge in [-0.1, -0.05) is 41.9 Å². The third kappa shape index (κ3) is 3.28. The van der Waals surface area contributed by atoms with Gasteiger partial charge in [-0.25, -0.2) is 8.42 Å². The van der Waals surface area contributed by atoms with E-state index in [-0.39, 0.29) is 16.7 Å². The summed E-state index contributed by atoms with van der Waals surface area (Å²) >= 11 is 5.85. The molecule has 0 aliphatic carbocycles. The smallest absolute Gasteiger partial charge is 0.243 e. The number of rotatable bonds is 4. The molecule has 23 heavy (non-hydrogen) atoms. The second kappa shape index (κ2) is 6.61. The van der Waals surface area contributed by atoms with E-state index in [0.29, 0.717) is 24.7 Å². The lowest BCUT2D eigenvalue weighted by Crippen LogP contribution is -2.30. The van der Waals surface area contributed by atoms with Crippen molar-refractivity contribution in [2.24, 2.45) is 11.7 Å². The van der Waals surface area contributed by atoms with Crippen molar-refractivity contribution in [3.8, 4) is 0 Å². The Labute approximate surface area is 141 Å². The Kier molecular flexibility index (Phi) is 4.73. The molecule has 1 aliphatic heterocycles. The molecule has 2 atom stereocenters. The topological polar surface area (TPSA) is 63.4 Å². The van der Waals surface area contributed by atoms with Gasteiger partial charge in [-0.2, -0.15) is 4.31 Å². The minimum atomic E-state index is -3.52. The number of hydrogen-bond acceptors (Lipinski definition) is 3. The van der Waals surface area contributed by atoms with Crippen LogP contribution in [-0.2, 0) is 10.0 Å². The summed E-state index contributed by atoms with van der Waals surface area (Å²) in [6, 6.07) is 16.3. The normalized spacial score (nSPS) is 22.3. The first-order valence-corrected chi connectivity index (χ1v) is 9.35. The van der Waals surface area contributed by atoms with E-state index in [1.807, 2.05) is 30.3 Å². The van der Waals surface area contributed by atoms with Gasteiger partial charge in [-0.15, -0.1) is 0 Å². The van der Waals surface area contributed by atoms with Crippen molar-refractivity contribution >= 4 is 21.6 Å². The van der Waals surface area contributed by atoms with Crippen LogP contribution in [-0.4, -0.2) is 32.4 Å². The van der Waals surface area contributed by atoms with Crippen LogP contribution >= 0.6 is 11.6 Å². The highest BCUT2D eigenvalue weighted by Gasteiger charge is 2.39. The average Bonchev–Trinajstić information content (AvgIpc) is 3.01. The molecule has 0 spiro atoms. The molecule has 1 saturated heterocycles. The average molecular weight is 351 g/mol. The highest BCUT2D eigenvalue weighted by molar-refractivity contribution is 7.89. The van der Waals surface area contributed by atoms with Gasteiger partial charge in [0.25, 0.3) is 0 Å². The number of sulfonamides is 1. The highest BCUT2D eigenvalue weighted by Crippen LogP contribution is 2.35. The zero-order valence-electron chi connectivity index (χ0n) is 12.6. The summed E-state index contributed by atoms with van der Waals surface area (Å²) in [5.74, 6) is 0.253. The Balaban J connectivity index is 1.88. The Hall–Kier alpha value is -1.40. The standard InChI is InChI=1S/C17H19ClN2O2S/c18-15-6-8-16(9-7-15)23(21,22)20-11-14(10-19)17(12-20)13-4-2-1-3-5-13/h1-9,14,17H,10-12,19H2/t14-,17+/m1/s1. The van der Waals surface area contributed by atoms with Crippen LogP contribution in [0.25, 0.3) is 0 Å². The predicted molar refractivity (Wildman–Crippen MR) is 91.9 cm³/mol. The largest absolute Gasteiger partial charge is 0.330 e. The maximum atomic E-state index is 12.8. The lowest BCUT2D eigenvalue weighted by Gasteiger charge is -2.17. The molecule has 0 aromatic heterocycles. The number of hydrogen-bond donors (Lipinski definition) is 1. The summed E-state index contributed by atoms with van der Waals surface area (Å²) in [5.41, 5.74) is 7.02. The fourth-order valence-corrected chi connectivity index (χ4v) is 4.75. The van der Waals surface area contributed by atoms with E-state index >= 15 is 0 Å². The molecule has 2 N–H and O–H groups in total. The van der Waals surface area contributed by atoms with Crippen LogP contribution in [0.5, 0.6) is 0 Å². The minimum absolute atomic E-state index is 0.125. The molecule has 0 bridgehead atoms. The Bertz CT molecular complexity index is 763. The van der Waals surface area contributed by atoms with Crippen LogP contribution in [0.2, 0.25) is 5.02 Å². The van der Waals surface area contributed by atoms with Gasteiger partial charge in [0.1, 0.15) is 0 Å². The van der Waals surface area contributed by atoms with Crippen molar-refractivity contribution in [1.82, 2.24) is 4.31 Å². The van der Waals surface area contributed by atoms with E-state index in [1.165, 1.54) is 4.31 Å². The van der Waals surface area contributed by atoms with Gasteiger partial charge >= 0.3 is 0 Å². The monoisotopic (exact) mass is 350 g/mol. The van der Waals surface area contributed by atoms with Crippen LogP contribution in [0.4, 0.5) is 0 Å². The molecule has 0 amide bonds. The molecule has 122 valence electrons. The fraction of sp³-hybridized carbons (Fsp3) is 0.294. The van der Waals surface area contributed by atoms with Gasteiger partial charge in [-0.3, -0.25) is 0 Å². The summed E-state index contributed by atoms with van der Waals surface area (Å²) in [6.45, 7) is 1.37. The van der Waals surface area contributed by atoms with E-state index in [9.17, 15) is 8.42 Å². The van der Waals surface area contributed by atoms with Gasteiger partial charge in [-0.05, 0) is 42.3 Å². The Morgan fingerprint density at radius 2 is 1.70 bits per heavy atom. The van der Waals surface area contributed by atoms with Crippen LogP contribution in [0.3, 0.4) is 0 Å². The SMILES string of the molecule is NC[C@@H]1CN(S(=O)(=O)c2ccc(Cl)cc2)C[C@H]1c1ccccc1. The molecule has 0 radical (unpaired) electrons. The lowest BCUT2D eigenvalue weighted by molar-refractivity contribution is 0.459. The summed E-state index contributed by atoms with van der Waals surface area (Å²) in [7, 11) is -3.52. The first kappa shape index (κ1) is 16.5. The minimum Gasteiger partial charge on any atom is -0.330 e. The molecule has 2 aromatic rings. The van der Waals surface area contributed by atoms with E-state index in [0.717, 1.165) is 5.56 Å². The zero-order chi connectivity index (χ0) is 16.4. The quantitative estimate of drug-likeness (QED) is 0.922. The van der Waals surface area contributed by atoms with Gasteiger partial charge < -0.3 is 5.73 Å². The molecular weight excluding hydrogens is 332 g/mol. The van der Waals surface area contributed by atoms with Crippen molar-refractivity contribution in [3.63, 3.8) is 0 Å². The Morgan fingerprint density at radius 1 is 1.04 bits per heavy atom. The van der Waals surface area contributed by atoms with E-state index in [1.54, 1.807) is 24.3 Å². The Morgan fingerprint density at radius 3 is 2.30 bits per heavy atom. The van der Waals surface area contributed by atoms with Crippen molar-refractivity contribution in [2.45, 2.75) is 10.8 Å². The maximum Gasteiger partial charge on any atom is 0.243 e. The predicted octanol–water partition coefficient (Wildman–Crippen LogP) is 2.70. The number of nitrogens with zero attached hydrogens (tertiary/aromatic N) is 1. The molecule has 4 nitrogen and oxygen atoms in total. The molecular formula is C17H19ClN2O2S. The fourth-order valence-electron chi connectivity index (χ4n) is 3.10. The molecule has 1 heterocycles. The number of benzene rings is 2. The van der Waals surface area contributed by atoms with E-state index in [2.05, 4.69) is 0 Å². The number of halogens is 1. The first-order chi connectivity index (χ1) is 11.0. The molecule has 3 rings (SSSR count). The molecule has 6 heteroatoms. The van der Waals surface area contributed by atoms with Gasteiger partial charge in [0.05, 0.1) is 4.90 Å². The highest BCUT2D eigenvalue weighted by atomic mass is 35.5. The molecule has 1 aliphatic rings. The lowest BCUT2D eigenvalue weighted by atomic mass is 9.89. The molecule has 0 saturated carbocycles. The summed E-state index contributed by atoms with van der Waals surface area (Å²) in [6.07, 6.45) is 0. The first-order valence-electron chi connectivity index (χ1n) is 7.53. The van der Waals surface area contributed by atoms with Crippen LogP contribution in [0.15, 0.2) is 59.5 Å². The summed E-state index contributed by atoms with van der Waals surface area (Å²) < 4.78 is 27.2. The summed E-state index contributed by atoms with van der Waals surface area (Å²) in [5, 5.41) is 0.521. The van der Waals surface area contributed by atoms with E-state index < -0.39 is 10.0 Å². The van der Waals surface area contributed by atoms with Gasteiger partial charge in [0, 0.05) is 24.0 Å². The molecule has 2 aromatic carbocycles. The van der Waals surface area contributed by atoms with Crippen molar-refractivity contribution < 1.29 is 8.42 Å². The molecule has 0 unspecified atom stereocenters. The zero-order valence-corrected chi connectivity index (χ0v) is 14.2. The van der Waals surface area contributed by atoms with Crippen LogP contribution in [0.1, 0.15) is 11.5 Å². The number of nitrogens with two attached hydrogens (primary N) is 1. The van der Waals surface area contributed by atoms with Crippen molar-refractivity contribution in [2.75, 3.05) is 19.6 Å². The molecule has 1 fully saturated rings. The second-order valence-electron chi connectivity index (χ2n) is 5.79. The van der Waals surface area contributed by atoms with Crippen molar-refractivity contribution in [3.05, 3.63) is 65.2 Å². The maximum absolute atomic E-state index is 12.8. The van der Waals surface area contributed by atoms with Crippen LogP contribution in [0, 0.1) is 5.92 Å². The van der Waals surface area contributed by atoms with Gasteiger partial charge in [0.2, 0.25) is 10.0 Å². The van der Waals surface area contributed by atoms with Crippen molar-refractivity contribution in [1.29, 1.82) is 0 Å².